The van der Waals surface area contributed by atoms with Gasteiger partial charge in [-0.25, -0.2) is 9.78 Å². The van der Waals surface area contributed by atoms with Crippen LogP contribution in [0.5, 0.6) is 0 Å². The van der Waals surface area contributed by atoms with Crippen LogP contribution < -0.4 is 16.0 Å². The van der Waals surface area contributed by atoms with E-state index in [1.807, 2.05) is 18.2 Å². The average Bonchev–Trinajstić information content (AvgIpc) is 2.61. The van der Waals surface area contributed by atoms with Gasteiger partial charge in [-0.15, -0.1) is 0 Å². The van der Waals surface area contributed by atoms with Gasteiger partial charge in [0.2, 0.25) is 0 Å². The Labute approximate surface area is 155 Å². The normalized spacial score (nSPS) is 10.2. The number of nitrogens with one attached hydrogen (secondary N) is 3. The molecule has 0 saturated heterocycles. The van der Waals surface area contributed by atoms with Crippen molar-refractivity contribution in [2.45, 2.75) is 0 Å². The molecule has 0 atom stereocenters. The Morgan fingerprint density at radius 3 is 2.32 bits per heavy atom. The van der Waals surface area contributed by atoms with Gasteiger partial charge in [-0.05, 0) is 36.4 Å². The lowest BCUT2D eigenvalue weighted by Crippen LogP contribution is -2.19. The number of rotatable bonds is 4. The zero-order valence-electron chi connectivity index (χ0n) is 13.0. The molecule has 0 unspecified atom stereocenters. The first kappa shape index (κ1) is 17.1. The number of urea groups is 1. The number of benzene rings is 2. The fraction of sp³-hybridized carbons (Fsp3) is 0. The lowest BCUT2D eigenvalue weighted by molar-refractivity contribution is 0.262. The smallest absolute Gasteiger partial charge is 0.323 e. The van der Waals surface area contributed by atoms with Gasteiger partial charge in [-0.3, -0.25) is 0 Å². The maximum absolute atomic E-state index is 11.9. The third-order valence-corrected chi connectivity index (χ3v) is 4.09. The molecule has 0 aliphatic carbocycles. The molecule has 0 aliphatic rings. The van der Waals surface area contributed by atoms with E-state index in [2.05, 4.69) is 20.9 Å². The summed E-state index contributed by atoms with van der Waals surface area (Å²) in [5, 5.41) is 9.41. The molecule has 25 heavy (non-hydrogen) atoms. The first-order valence-electron chi connectivity index (χ1n) is 7.42. The maximum atomic E-state index is 11.9. The number of pyridine rings is 1. The summed E-state index contributed by atoms with van der Waals surface area (Å²) >= 11 is 12.1. The minimum Gasteiger partial charge on any atom is -0.339 e. The van der Waals surface area contributed by atoms with Crippen LogP contribution in [0.2, 0.25) is 10.0 Å². The Kier molecular flexibility index (Phi) is 5.38. The summed E-state index contributed by atoms with van der Waals surface area (Å²) in [7, 11) is 0. The molecule has 3 rings (SSSR count). The second kappa shape index (κ2) is 7.88. The minimum absolute atomic E-state index is 0.341. The third-order valence-electron chi connectivity index (χ3n) is 3.27. The van der Waals surface area contributed by atoms with Crippen LogP contribution >= 0.6 is 23.2 Å². The highest BCUT2D eigenvalue weighted by atomic mass is 35.5. The van der Waals surface area contributed by atoms with Gasteiger partial charge in [0.1, 0.15) is 5.82 Å². The summed E-state index contributed by atoms with van der Waals surface area (Å²) in [5.74, 6) is 0.582. The zero-order valence-corrected chi connectivity index (χ0v) is 14.5. The highest BCUT2D eigenvalue weighted by Gasteiger charge is 2.06. The van der Waals surface area contributed by atoms with E-state index < -0.39 is 0 Å². The van der Waals surface area contributed by atoms with Crippen molar-refractivity contribution in [2.24, 2.45) is 0 Å². The number of hydrogen-bond acceptors (Lipinski definition) is 3. The first-order valence-corrected chi connectivity index (χ1v) is 8.17. The number of hydrogen-bond donors (Lipinski definition) is 3. The molecule has 1 aromatic heterocycles. The van der Waals surface area contributed by atoms with Crippen molar-refractivity contribution in [1.29, 1.82) is 0 Å². The predicted molar refractivity (Wildman–Crippen MR) is 103 cm³/mol. The standard InChI is InChI=1S/C18H14Cl2N4O/c19-14-7-4-8-15(17(14)20)24-16-10-9-13(11-21-16)23-18(25)22-12-5-2-1-3-6-12/h1-11H,(H,21,24)(H2,22,23,25). The van der Waals surface area contributed by atoms with Crippen molar-refractivity contribution in [3.05, 3.63) is 76.9 Å². The summed E-state index contributed by atoms with van der Waals surface area (Å²) in [5.41, 5.74) is 1.93. The number of aromatic nitrogens is 1. The Balaban J connectivity index is 1.62. The molecule has 0 aliphatic heterocycles. The van der Waals surface area contributed by atoms with Crippen LogP contribution in [0.1, 0.15) is 0 Å². The molecule has 0 radical (unpaired) electrons. The van der Waals surface area contributed by atoms with Crippen LogP contribution in [0, 0.1) is 0 Å². The van der Waals surface area contributed by atoms with E-state index in [-0.39, 0.29) is 6.03 Å². The van der Waals surface area contributed by atoms with E-state index in [0.29, 0.717) is 32.9 Å². The molecule has 0 bridgehead atoms. The fourth-order valence-corrected chi connectivity index (χ4v) is 2.44. The topological polar surface area (TPSA) is 66.1 Å². The molecule has 7 heteroatoms. The Morgan fingerprint density at radius 2 is 1.60 bits per heavy atom. The number of nitrogens with zero attached hydrogens (tertiary/aromatic N) is 1. The third kappa shape index (κ3) is 4.62. The van der Waals surface area contributed by atoms with Gasteiger partial charge >= 0.3 is 6.03 Å². The monoisotopic (exact) mass is 372 g/mol. The van der Waals surface area contributed by atoms with Crippen LogP contribution in [-0.4, -0.2) is 11.0 Å². The van der Waals surface area contributed by atoms with Crippen molar-refractivity contribution >= 4 is 52.1 Å². The molecule has 3 N–H and O–H groups in total. The molecule has 1 heterocycles. The van der Waals surface area contributed by atoms with Gasteiger partial charge < -0.3 is 16.0 Å². The molecule has 2 amide bonds. The SMILES string of the molecule is O=C(Nc1ccccc1)Nc1ccc(Nc2cccc(Cl)c2Cl)nc1. The van der Waals surface area contributed by atoms with Gasteiger partial charge in [-0.2, -0.15) is 0 Å². The van der Waals surface area contributed by atoms with E-state index in [1.54, 1.807) is 48.7 Å². The lowest BCUT2D eigenvalue weighted by atomic mass is 10.3. The molecule has 0 saturated carbocycles. The Hall–Kier alpha value is -2.76. The van der Waals surface area contributed by atoms with Gasteiger partial charge in [0.15, 0.2) is 0 Å². The number of para-hydroxylation sites is 1. The summed E-state index contributed by atoms with van der Waals surface area (Å²) in [4.78, 5) is 16.2. The van der Waals surface area contributed by atoms with Gasteiger partial charge in [-0.1, -0.05) is 47.5 Å². The first-order chi connectivity index (χ1) is 12.1. The van der Waals surface area contributed by atoms with Crippen LogP contribution in [-0.2, 0) is 0 Å². The average molecular weight is 373 g/mol. The molecular formula is C18H14Cl2N4O. The largest absolute Gasteiger partial charge is 0.339 e. The number of carbonyl (C=O) groups is 1. The van der Waals surface area contributed by atoms with Crippen molar-refractivity contribution in [3.63, 3.8) is 0 Å². The Bertz CT molecular complexity index is 870. The van der Waals surface area contributed by atoms with Crippen LogP contribution in [0.4, 0.5) is 27.7 Å². The fourth-order valence-electron chi connectivity index (χ4n) is 2.09. The molecular weight excluding hydrogens is 359 g/mol. The van der Waals surface area contributed by atoms with E-state index in [1.165, 1.54) is 0 Å². The summed E-state index contributed by atoms with van der Waals surface area (Å²) < 4.78 is 0. The molecule has 3 aromatic rings. The van der Waals surface area contributed by atoms with Crippen molar-refractivity contribution in [3.8, 4) is 0 Å². The minimum atomic E-state index is -0.341. The van der Waals surface area contributed by atoms with Gasteiger partial charge in [0.25, 0.3) is 0 Å². The zero-order chi connectivity index (χ0) is 17.6. The van der Waals surface area contributed by atoms with E-state index >= 15 is 0 Å². The lowest BCUT2D eigenvalue weighted by Gasteiger charge is -2.10. The molecule has 0 fully saturated rings. The number of anilines is 4. The van der Waals surface area contributed by atoms with E-state index in [4.69, 9.17) is 23.2 Å². The van der Waals surface area contributed by atoms with Gasteiger partial charge in [0, 0.05) is 5.69 Å². The second-order valence-electron chi connectivity index (χ2n) is 5.10. The number of carbonyl (C=O) groups excluding carboxylic acids is 1. The van der Waals surface area contributed by atoms with Crippen molar-refractivity contribution < 1.29 is 4.79 Å². The maximum Gasteiger partial charge on any atom is 0.323 e. The van der Waals surface area contributed by atoms with Gasteiger partial charge in [0.05, 0.1) is 27.6 Å². The molecule has 5 nitrogen and oxygen atoms in total. The molecule has 0 spiro atoms. The summed E-state index contributed by atoms with van der Waals surface area (Å²) in [6.45, 7) is 0. The van der Waals surface area contributed by atoms with E-state index in [0.717, 1.165) is 0 Å². The highest BCUT2D eigenvalue weighted by molar-refractivity contribution is 6.43. The quantitative estimate of drug-likeness (QED) is 0.543. The van der Waals surface area contributed by atoms with E-state index in [9.17, 15) is 4.79 Å². The van der Waals surface area contributed by atoms with Crippen molar-refractivity contribution in [2.75, 3.05) is 16.0 Å². The summed E-state index contributed by atoms with van der Waals surface area (Å²) in [6.07, 6.45) is 1.55. The molecule has 2 aromatic carbocycles. The number of amides is 2. The predicted octanol–water partition coefficient (Wildman–Crippen LogP) is 5.78. The van der Waals surface area contributed by atoms with Crippen molar-refractivity contribution in [1.82, 2.24) is 4.98 Å². The second-order valence-corrected chi connectivity index (χ2v) is 5.89. The van der Waals surface area contributed by atoms with Crippen LogP contribution in [0.25, 0.3) is 0 Å². The Morgan fingerprint density at radius 1 is 0.840 bits per heavy atom. The molecule has 126 valence electrons. The number of halogens is 2. The van der Waals surface area contributed by atoms with Crippen LogP contribution in [0.15, 0.2) is 66.9 Å². The van der Waals surface area contributed by atoms with Crippen LogP contribution in [0.3, 0.4) is 0 Å². The summed E-state index contributed by atoms with van der Waals surface area (Å²) in [6, 6.07) is 17.6. The highest BCUT2D eigenvalue weighted by Crippen LogP contribution is 2.31.